The zero-order valence-electron chi connectivity index (χ0n) is 33.3. The summed E-state index contributed by atoms with van der Waals surface area (Å²) in [6.45, 7) is -1.64. The summed E-state index contributed by atoms with van der Waals surface area (Å²) in [5.74, 6) is -10.5. The standard InChI is InChI=1S/C40H48N4O19/c45-25-5-1-21(32(52)36(25)56)41-12-16-63-20-40(17-60-13-9-29(49)42-22-2-6-26(46)37(57)33(22)53,18-61-14-10-30(50)43-23-3-7-27(47)38(58)34(23)54)19-62-15-11-31(51)44-24-4-8-28(48)39(59)35(24)55/h1-8,41,45-48,52-59H,9-20H2,(H,42,49)(H,43,50)(H,44,51). The third-order valence-electron chi connectivity index (χ3n) is 8.96. The molecule has 4 rings (SSSR count). The van der Waals surface area contributed by atoms with Gasteiger partial charge in [-0.05, 0) is 48.5 Å². The molecule has 0 heterocycles. The summed E-state index contributed by atoms with van der Waals surface area (Å²) in [5.41, 5.74) is -1.75. The number of ether oxygens (including phenoxy) is 4. The predicted octanol–water partition coefficient (Wildman–Crippen LogP) is 2.70. The van der Waals surface area contributed by atoms with E-state index >= 15 is 0 Å². The summed E-state index contributed by atoms with van der Waals surface area (Å²) in [7, 11) is 0. The van der Waals surface area contributed by atoms with Gasteiger partial charge in [0, 0.05) is 6.54 Å². The summed E-state index contributed by atoms with van der Waals surface area (Å²) in [6, 6.07) is 9.12. The Morgan fingerprint density at radius 1 is 0.381 bits per heavy atom. The van der Waals surface area contributed by atoms with Crippen molar-refractivity contribution in [2.45, 2.75) is 19.3 Å². The molecule has 0 atom stereocenters. The molecule has 63 heavy (non-hydrogen) atoms. The van der Waals surface area contributed by atoms with Crippen LogP contribution in [0.1, 0.15) is 19.3 Å². The van der Waals surface area contributed by atoms with Crippen LogP contribution in [-0.4, -0.2) is 138 Å². The van der Waals surface area contributed by atoms with Crippen molar-refractivity contribution in [1.29, 1.82) is 0 Å². The quantitative estimate of drug-likeness (QED) is 0.0273. The minimum atomic E-state index is -1.26. The number of phenolic OH excluding ortho intramolecular Hbond substituents is 12. The molecule has 23 nitrogen and oxygen atoms in total. The number of amides is 3. The largest absolute Gasteiger partial charge is 0.504 e. The summed E-state index contributed by atoms with van der Waals surface area (Å²) < 4.78 is 23.6. The van der Waals surface area contributed by atoms with E-state index in [0.717, 1.165) is 42.5 Å². The molecule has 4 aromatic rings. The second-order valence-electron chi connectivity index (χ2n) is 13.8. The molecule has 0 saturated carbocycles. The molecule has 0 aliphatic carbocycles. The van der Waals surface area contributed by atoms with E-state index in [9.17, 15) is 75.7 Å². The van der Waals surface area contributed by atoms with Gasteiger partial charge in [-0.2, -0.15) is 0 Å². The number of carbonyl (C=O) groups excluding carboxylic acids is 3. The molecule has 342 valence electrons. The van der Waals surface area contributed by atoms with Crippen LogP contribution < -0.4 is 21.3 Å². The van der Waals surface area contributed by atoms with Crippen molar-refractivity contribution in [3.8, 4) is 69.0 Å². The van der Waals surface area contributed by atoms with Crippen molar-refractivity contribution in [1.82, 2.24) is 0 Å². The van der Waals surface area contributed by atoms with Crippen molar-refractivity contribution in [3.63, 3.8) is 0 Å². The molecule has 0 fully saturated rings. The van der Waals surface area contributed by atoms with Gasteiger partial charge in [0.25, 0.3) is 0 Å². The molecule has 0 saturated heterocycles. The van der Waals surface area contributed by atoms with Crippen LogP contribution in [0.3, 0.4) is 0 Å². The molecule has 0 bridgehead atoms. The predicted molar refractivity (Wildman–Crippen MR) is 220 cm³/mol. The molecule has 0 aliphatic rings. The highest BCUT2D eigenvalue weighted by molar-refractivity contribution is 5.94. The van der Waals surface area contributed by atoms with Gasteiger partial charge in [0.1, 0.15) is 0 Å². The zero-order valence-corrected chi connectivity index (χ0v) is 33.3. The van der Waals surface area contributed by atoms with Crippen molar-refractivity contribution in [2.75, 3.05) is 80.7 Å². The highest BCUT2D eigenvalue weighted by atomic mass is 16.5. The minimum absolute atomic E-state index is 0.0506. The highest BCUT2D eigenvalue weighted by Crippen LogP contribution is 2.43. The Hall–Kier alpha value is -7.47. The monoisotopic (exact) mass is 888 g/mol. The summed E-state index contributed by atoms with van der Waals surface area (Å²) in [4.78, 5) is 38.1. The number of hydrogen-bond acceptors (Lipinski definition) is 20. The number of hydrogen-bond donors (Lipinski definition) is 16. The fourth-order valence-electron chi connectivity index (χ4n) is 5.52. The average Bonchev–Trinajstić information content (AvgIpc) is 3.25. The first-order chi connectivity index (χ1) is 29.9. The summed E-state index contributed by atoms with van der Waals surface area (Å²) in [5, 5.41) is 128. The lowest BCUT2D eigenvalue weighted by Crippen LogP contribution is -2.42. The Morgan fingerprint density at radius 3 is 0.968 bits per heavy atom. The molecule has 0 spiro atoms. The fourth-order valence-corrected chi connectivity index (χ4v) is 5.52. The first-order valence-electron chi connectivity index (χ1n) is 18.8. The van der Waals surface area contributed by atoms with Crippen molar-refractivity contribution >= 4 is 40.5 Å². The van der Waals surface area contributed by atoms with Gasteiger partial charge in [0.2, 0.25) is 40.7 Å². The number of anilines is 4. The van der Waals surface area contributed by atoms with Gasteiger partial charge in [0.15, 0.2) is 46.0 Å². The lowest BCUT2D eigenvalue weighted by atomic mass is 9.92. The molecule has 3 amide bonds. The first kappa shape index (κ1) is 48.2. The lowest BCUT2D eigenvalue weighted by Gasteiger charge is -2.33. The molecular formula is C40H48N4O19. The van der Waals surface area contributed by atoms with Gasteiger partial charge in [-0.15, -0.1) is 0 Å². The average molecular weight is 889 g/mol. The Kier molecular flexibility index (Phi) is 17.1. The second kappa shape index (κ2) is 22.4. The van der Waals surface area contributed by atoms with Gasteiger partial charge in [-0.1, -0.05) is 0 Å². The number of aromatic hydroxyl groups is 12. The number of phenols is 12. The van der Waals surface area contributed by atoms with E-state index in [-0.39, 0.29) is 101 Å². The molecule has 4 aromatic carbocycles. The molecule has 0 aromatic heterocycles. The number of carbonyl (C=O) groups is 3. The van der Waals surface area contributed by atoms with Crippen LogP contribution in [0.5, 0.6) is 69.0 Å². The maximum absolute atomic E-state index is 12.7. The van der Waals surface area contributed by atoms with Gasteiger partial charge in [-0.3, -0.25) is 14.4 Å². The van der Waals surface area contributed by atoms with Crippen molar-refractivity contribution in [3.05, 3.63) is 48.5 Å². The van der Waals surface area contributed by atoms with Crippen LogP contribution in [0.25, 0.3) is 0 Å². The van der Waals surface area contributed by atoms with Gasteiger partial charge >= 0.3 is 0 Å². The van der Waals surface area contributed by atoms with Crippen LogP contribution >= 0.6 is 0 Å². The topological polar surface area (TPSA) is 379 Å². The Balaban J connectivity index is 1.45. The lowest BCUT2D eigenvalue weighted by molar-refractivity contribution is -0.123. The van der Waals surface area contributed by atoms with Crippen LogP contribution in [0.4, 0.5) is 22.7 Å². The maximum Gasteiger partial charge on any atom is 0.226 e. The molecule has 0 radical (unpaired) electrons. The Morgan fingerprint density at radius 2 is 0.651 bits per heavy atom. The summed E-state index contributed by atoms with van der Waals surface area (Å²) >= 11 is 0. The van der Waals surface area contributed by atoms with E-state index in [0.29, 0.717) is 0 Å². The van der Waals surface area contributed by atoms with Crippen molar-refractivity contribution in [2.24, 2.45) is 5.41 Å². The molecule has 23 heteroatoms. The van der Waals surface area contributed by atoms with E-state index in [2.05, 4.69) is 21.3 Å². The Bertz CT molecular complexity index is 2050. The second-order valence-corrected chi connectivity index (χ2v) is 13.8. The smallest absolute Gasteiger partial charge is 0.226 e. The van der Waals surface area contributed by atoms with Gasteiger partial charge in [-0.25, -0.2) is 0 Å². The zero-order chi connectivity index (χ0) is 46.3. The third-order valence-corrected chi connectivity index (χ3v) is 8.96. The molecule has 0 unspecified atom stereocenters. The van der Waals surface area contributed by atoms with E-state index < -0.39 is 92.1 Å². The van der Waals surface area contributed by atoms with E-state index in [4.69, 9.17) is 18.9 Å². The summed E-state index contributed by atoms with van der Waals surface area (Å²) in [6.07, 6.45) is -0.856. The van der Waals surface area contributed by atoms with Crippen LogP contribution in [0, 0.1) is 5.41 Å². The molecule has 16 N–H and O–H groups in total. The van der Waals surface area contributed by atoms with Crippen LogP contribution in [0.2, 0.25) is 0 Å². The maximum atomic E-state index is 12.7. The van der Waals surface area contributed by atoms with Crippen molar-refractivity contribution < 1.29 is 94.6 Å². The van der Waals surface area contributed by atoms with E-state index in [1.807, 2.05) is 0 Å². The van der Waals surface area contributed by atoms with Gasteiger partial charge in [0.05, 0.1) is 100 Å². The molecular weight excluding hydrogens is 840 g/mol. The van der Waals surface area contributed by atoms with E-state index in [1.54, 1.807) is 0 Å². The first-order valence-corrected chi connectivity index (χ1v) is 18.8. The SMILES string of the molecule is O=C(CCOCC(COCCNc1ccc(O)c(O)c1O)(COCCC(=O)Nc1ccc(O)c(O)c1O)COCCC(=O)Nc1ccc(O)c(O)c1O)Nc1ccc(O)c(O)c1O. The highest BCUT2D eigenvalue weighted by Gasteiger charge is 2.33. The minimum Gasteiger partial charge on any atom is -0.504 e. The number of benzene rings is 4. The van der Waals surface area contributed by atoms with Crippen LogP contribution in [0.15, 0.2) is 48.5 Å². The fraction of sp³-hybridized carbons (Fsp3) is 0.325. The number of rotatable bonds is 24. The van der Waals surface area contributed by atoms with Gasteiger partial charge < -0.3 is 101 Å². The van der Waals surface area contributed by atoms with Crippen LogP contribution in [-0.2, 0) is 33.3 Å². The Labute approximate surface area is 357 Å². The van der Waals surface area contributed by atoms with E-state index in [1.165, 1.54) is 6.07 Å². The third kappa shape index (κ3) is 13.5. The number of nitrogens with one attached hydrogen (secondary N) is 4. The normalized spacial score (nSPS) is 11.2. The molecule has 0 aliphatic heterocycles.